The first-order valence-corrected chi connectivity index (χ1v) is 9.77. The second-order valence-electron chi connectivity index (χ2n) is 5.70. The van der Waals surface area contributed by atoms with Gasteiger partial charge in [-0.3, -0.25) is 0 Å². The van der Waals surface area contributed by atoms with Gasteiger partial charge < -0.3 is 0 Å². The van der Waals surface area contributed by atoms with Crippen molar-refractivity contribution in [2.45, 2.75) is 4.90 Å². The summed E-state index contributed by atoms with van der Waals surface area (Å²) in [6.45, 7) is 0. The number of benzene rings is 3. The number of hydrogen-bond donors (Lipinski definition) is 1. The molecular formula is C18H9Cl2F4NO2S. The Kier molecular flexibility index (Phi) is 5.42. The zero-order valence-corrected chi connectivity index (χ0v) is 15.9. The van der Waals surface area contributed by atoms with E-state index in [9.17, 15) is 26.0 Å². The molecule has 28 heavy (non-hydrogen) atoms. The number of sulfonamides is 1. The lowest BCUT2D eigenvalue weighted by Gasteiger charge is -2.15. The van der Waals surface area contributed by atoms with Crippen LogP contribution in [0, 0.1) is 23.3 Å². The van der Waals surface area contributed by atoms with Gasteiger partial charge in [0.1, 0.15) is 0 Å². The molecule has 0 amide bonds. The van der Waals surface area contributed by atoms with Crippen LogP contribution in [0.2, 0.25) is 10.0 Å². The standard InChI is InChI=1S/C18H9Cl2F4NO2S/c19-11-6-3-9(7-12(11)20)14-13(15(21)17(23)18(24)16(14)22)8-1-4-10(5-2-8)28(25,26)27/h1-7H,(H2,25,26,27). The highest BCUT2D eigenvalue weighted by molar-refractivity contribution is 7.89. The van der Waals surface area contributed by atoms with Crippen LogP contribution in [0.25, 0.3) is 22.3 Å². The molecule has 10 heteroatoms. The average Bonchev–Trinajstić information content (AvgIpc) is 2.64. The van der Waals surface area contributed by atoms with Crippen molar-refractivity contribution in [3.63, 3.8) is 0 Å². The van der Waals surface area contributed by atoms with Crippen LogP contribution in [0.15, 0.2) is 47.4 Å². The largest absolute Gasteiger partial charge is 0.238 e. The molecule has 3 aromatic carbocycles. The van der Waals surface area contributed by atoms with E-state index in [1.807, 2.05) is 0 Å². The van der Waals surface area contributed by atoms with E-state index < -0.39 is 44.4 Å². The van der Waals surface area contributed by atoms with Gasteiger partial charge in [0, 0.05) is 11.1 Å². The lowest BCUT2D eigenvalue weighted by Crippen LogP contribution is -2.11. The van der Waals surface area contributed by atoms with Crippen LogP contribution in [0.3, 0.4) is 0 Å². The number of halogens is 6. The molecule has 146 valence electrons. The molecule has 3 rings (SSSR count). The van der Waals surface area contributed by atoms with E-state index in [-0.39, 0.29) is 26.1 Å². The summed E-state index contributed by atoms with van der Waals surface area (Å²) in [5.74, 6) is -7.29. The van der Waals surface area contributed by atoms with Gasteiger partial charge in [0.25, 0.3) is 0 Å². The van der Waals surface area contributed by atoms with Crippen molar-refractivity contribution in [2.75, 3.05) is 0 Å². The molecule has 0 heterocycles. The highest BCUT2D eigenvalue weighted by atomic mass is 35.5. The Hall–Kier alpha value is -2.13. The Bertz CT molecular complexity index is 1200. The Labute approximate surface area is 167 Å². The summed E-state index contributed by atoms with van der Waals surface area (Å²) in [5.41, 5.74) is -1.38. The van der Waals surface area contributed by atoms with Gasteiger partial charge in [-0.2, -0.15) is 0 Å². The highest BCUT2D eigenvalue weighted by Gasteiger charge is 2.27. The third-order valence-corrected chi connectivity index (χ3v) is 5.62. The lowest BCUT2D eigenvalue weighted by molar-refractivity contribution is 0.412. The fourth-order valence-electron chi connectivity index (χ4n) is 2.64. The third kappa shape index (κ3) is 3.60. The summed E-state index contributed by atoms with van der Waals surface area (Å²) in [6.07, 6.45) is 0. The average molecular weight is 450 g/mol. The monoisotopic (exact) mass is 449 g/mol. The van der Waals surface area contributed by atoms with Crippen molar-refractivity contribution in [2.24, 2.45) is 5.14 Å². The molecule has 0 aromatic heterocycles. The zero-order valence-electron chi connectivity index (χ0n) is 13.6. The molecule has 0 aliphatic carbocycles. The number of rotatable bonds is 3. The maximum absolute atomic E-state index is 14.6. The molecule has 0 atom stereocenters. The van der Waals surface area contributed by atoms with Crippen molar-refractivity contribution in [3.05, 3.63) is 75.8 Å². The highest BCUT2D eigenvalue weighted by Crippen LogP contribution is 2.40. The minimum Gasteiger partial charge on any atom is -0.225 e. The predicted octanol–water partition coefficient (Wildman–Crippen LogP) is 5.53. The van der Waals surface area contributed by atoms with E-state index in [0.29, 0.717) is 0 Å². The zero-order chi connectivity index (χ0) is 20.8. The van der Waals surface area contributed by atoms with Gasteiger partial charge in [-0.15, -0.1) is 0 Å². The molecule has 0 unspecified atom stereocenters. The topological polar surface area (TPSA) is 60.2 Å². The van der Waals surface area contributed by atoms with Crippen LogP contribution in [0.1, 0.15) is 0 Å². The molecule has 0 spiro atoms. The minimum atomic E-state index is -4.04. The molecule has 0 fully saturated rings. The molecule has 0 saturated carbocycles. The molecule has 0 radical (unpaired) electrons. The van der Waals surface area contributed by atoms with Gasteiger partial charge in [-0.1, -0.05) is 41.4 Å². The normalized spacial score (nSPS) is 11.7. The van der Waals surface area contributed by atoms with Crippen molar-refractivity contribution >= 4 is 33.2 Å². The van der Waals surface area contributed by atoms with E-state index >= 15 is 0 Å². The third-order valence-electron chi connectivity index (χ3n) is 3.95. The smallest absolute Gasteiger partial charge is 0.225 e. The molecule has 2 N–H and O–H groups in total. The van der Waals surface area contributed by atoms with E-state index in [2.05, 4.69) is 0 Å². The Balaban J connectivity index is 2.35. The van der Waals surface area contributed by atoms with Crippen LogP contribution < -0.4 is 5.14 Å². The summed E-state index contributed by atoms with van der Waals surface area (Å²) in [5, 5.41) is 5.10. The number of primary sulfonamides is 1. The summed E-state index contributed by atoms with van der Waals surface area (Å²) in [6, 6.07) is 7.95. The predicted molar refractivity (Wildman–Crippen MR) is 98.5 cm³/mol. The van der Waals surface area contributed by atoms with Gasteiger partial charge in [-0.05, 0) is 35.4 Å². The van der Waals surface area contributed by atoms with E-state index in [1.54, 1.807) is 0 Å². The number of hydrogen-bond acceptors (Lipinski definition) is 2. The van der Waals surface area contributed by atoms with Gasteiger partial charge in [0.15, 0.2) is 23.3 Å². The maximum Gasteiger partial charge on any atom is 0.238 e. The summed E-state index contributed by atoms with van der Waals surface area (Å²) in [4.78, 5) is -0.296. The first-order chi connectivity index (χ1) is 13.0. The fourth-order valence-corrected chi connectivity index (χ4v) is 3.45. The maximum atomic E-state index is 14.6. The number of nitrogens with two attached hydrogens (primary N) is 1. The van der Waals surface area contributed by atoms with E-state index in [0.717, 1.165) is 24.3 Å². The van der Waals surface area contributed by atoms with Gasteiger partial charge in [-0.25, -0.2) is 31.1 Å². The quantitative estimate of drug-likeness (QED) is 0.324. The minimum absolute atomic E-state index is 0.0146. The lowest BCUT2D eigenvalue weighted by atomic mass is 9.93. The van der Waals surface area contributed by atoms with Crippen molar-refractivity contribution in [1.82, 2.24) is 0 Å². The van der Waals surface area contributed by atoms with Gasteiger partial charge in [0.2, 0.25) is 10.0 Å². The fraction of sp³-hybridized carbons (Fsp3) is 0. The Morgan fingerprint density at radius 3 is 1.61 bits per heavy atom. The first kappa shape index (κ1) is 20.6. The molecule has 0 aliphatic heterocycles. The van der Waals surface area contributed by atoms with Crippen LogP contribution in [0.4, 0.5) is 17.6 Å². The molecular weight excluding hydrogens is 441 g/mol. The Morgan fingerprint density at radius 2 is 1.14 bits per heavy atom. The van der Waals surface area contributed by atoms with Gasteiger partial charge >= 0.3 is 0 Å². The van der Waals surface area contributed by atoms with Crippen LogP contribution in [-0.4, -0.2) is 8.42 Å². The molecule has 3 nitrogen and oxygen atoms in total. The summed E-state index contributed by atoms with van der Waals surface area (Å²) < 4.78 is 79.7. The summed E-state index contributed by atoms with van der Waals surface area (Å²) >= 11 is 11.7. The van der Waals surface area contributed by atoms with E-state index in [1.165, 1.54) is 18.2 Å². The molecule has 0 bridgehead atoms. The van der Waals surface area contributed by atoms with E-state index in [4.69, 9.17) is 28.3 Å². The van der Waals surface area contributed by atoms with Crippen LogP contribution in [0.5, 0.6) is 0 Å². The second-order valence-corrected chi connectivity index (χ2v) is 8.08. The van der Waals surface area contributed by atoms with Crippen molar-refractivity contribution in [3.8, 4) is 22.3 Å². The van der Waals surface area contributed by atoms with Crippen LogP contribution in [-0.2, 0) is 10.0 Å². The summed E-state index contributed by atoms with van der Waals surface area (Å²) in [7, 11) is -4.04. The van der Waals surface area contributed by atoms with Crippen molar-refractivity contribution in [1.29, 1.82) is 0 Å². The molecule has 3 aromatic rings. The van der Waals surface area contributed by atoms with Crippen molar-refractivity contribution < 1.29 is 26.0 Å². The SMILES string of the molecule is NS(=O)(=O)c1ccc(-c2c(F)c(F)c(F)c(F)c2-c2ccc(Cl)c(Cl)c2)cc1. The second kappa shape index (κ2) is 7.36. The van der Waals surface area contributed by atoms with Gasteiger partial charge in [0.05, 0.1) is 14.9 Å². The van der Waals surface area contributed by atoms with Crippen LogP contribution >= 0.6 is 23.2 Å². The Morgan fingerprint density at radius 1 is 0.679 bits per heavy atom. The molecule has 0 aliphatic rings. The molecule has 0 saturated heterocycles. The first-order valence-electron chi connectivity index (χ1n) is 7.47.